The lowest BCUT2D eigenvalue weighted by Gasteiger charge is -2.27. The maximum Gasteiger partial charge on any atom is 0.187 e. The lowest BCUT2D eigenvalue weighted by atomic mass is 10.0. The molecule has 2 rings (SSSR count). The molecule has 0 radical (unpaired) electrons. The fourth-order valence-electron chi connectivity index (χ4n) is 2.07. The first-order valence-electron chi connectivity index (χ1n) is 5.41. The van der Waals surface area contributed by atoms with Crippen molar-refractivity contribution >= 4 is 5.78 Å². The highest BCUT2D eigenvalue weighted by Crippen LogP contribution is 2.28. The first-order chi connectivity index (χ1) is 7.33. The molecular formula is C12H16O3. The second-order valence-corrected chi connectivity index (χ2v) is 3.89. The topological polar surface area (TPSA) is 35.5 Å². The molecule has 0 saturated carbocycles. The molecule has 0 spiro atoms. The summed E-state index contributed by atoms with van der Waals surface area (Å²) in [6.45, 7) is 4.80. The van der Waals surface area contributed by atoms with Gasteiger partial charge in [0.25, 0.3) is 0 Å². The molecule has 0 amide bonds. The fraction of sp³-hybridized carbons (Fsp3) is 0.583. The van der Waals surface area contributed by atoms with Crippen LogP contribution in [0.5, 0.6) is 0 Å². The number of allylic oxidation sites excluding steroid dienone is 1. The number of unbranched alkanes of at least 4 members (excludes halogenated alkanes) is 1. The van der Waals surface area contributed by atoms with E-state index in [4.69, 9.17) is 9.47 Å². The number of hydrogen-bond acceptors (Lipinski definition) is 3. The van der Waals surface area contributed by atoms with Gasteiger partial charge in [0.1, 0.15) is 12.2 Å². The van der Waals surface area contributed by atoms with E-state index in [1.165, 1.54) is 0 Å². The van der Waals surface area contributed by atoms with Crippen molar-refractivity contribution in [2.75, 3.05) is 13.2 Å². The quantitative estimate of drug-likeness (QED) is 0.520. The van der Waals surface area contributed by atoms with E-state index in [9.17, 15) is 4.79 Å². The minimum atomic E-state index is -0.363. The number of rotatable bonds is 4. The first kappa shape index (κ1) is 10.6. The average molecular weight is 208 g/mol. The highest BCUT2D eigenvalue weighted by molar-refractivity contribution is 5.98. The van der Waals surface area contributed by atoms with Gasteiger partial charge >= 0.3 is 0 Å². The molecule has 2 atom stereocenters. The standard InChI is InChI=1S/C12H16O3/c1-2-3-4-5-9-8-10(13)12-11(9)14-6-7-15-12/h2,8,11-12H,1,3-7H2. The molecule has 0 aromatic rings. The predicted octanol–water partition coefficient (Wildman–Crippen LogP) is 1.64. The van der Waals surface area contributed by atoms with Crippen LogP contribution < -0.4 is 0 Å². The summed E-state index contributed by atoms with van der Waals surface area (Å²) < 4.78 is 11.0. The van der Waals surface area contributed by atoms with Gasteiger partial charge in [-0.2, -0.15) is 0 Å². The minimum absolute atomic E-state index is 0.0632. The molecule has 1 aliphatic heterocycles. The summed E-state index contributed by atoms with van der Waals surface area (Å²) in [5.41, 5.74) is 1.09. The van der Waals surface area contributed by atoms with Crippen molar-refractivity contribution < 1.29 is 14.3 Å². The Labute approximate surface area is 89.8 Å². The van der Waals surface area contributed by atoms with Crippen LogP contribution in [0.3, 0.4) is 0 Å². The Hall–Kier alpha value is -0.930. The van der Waals surface area contributed by atoms with E-state index in [0.717, 1.165) is 24.8 Å². The van der Waals surface area contributed by atoms with E-state index in [2.05, 4.69) is 6.58 Å². The van der Waals surface area contributed by atoms with Crippen LogP contribution >= 0.6 is 0 Å². The Balaban J connectivity index is 1.95. The Morgan fingerprint density at radius 1 is 1.40 bits per heavy atom. The zero-order chi connectivity index (χ0) is 10.7. The van der Waals surface area contributed by atoms with Gasteiger partial charge in [0, 0.05) is 0 Å². The van der Waals surface area contributed by atoms with Gasteiger partial charge < -0.3 is 9.47 Å². The molecule has 82 valence electrons. The third kappa shape index (κ3) is 2.19. The lowest BCUT2D eigenvalue weighted by Crippen LogP contribution is -2.39. The summed E-state index contributed by atoms with van der Waals surface area (Å²) in [5, 5.41) is 0. The van der Waals surface area contributed by atoms with E-state index in [-0.39, 0.29) is 18.0 Å². The normalized spacial score (nSPS) is 29.9. The molecule has 2 unspecified atom stereocenters. The van der Waals surface area contributed by atoms with Crippen molar-refractivity contribution in [2.24, 2.45) is 0 Å². The number of ketones is 1. The summed E-state index contributed by atoms with van der Waals surface area (Å²) >= 11 is 0. The van der Waals surface area contributed by atoms with Gasteiger partial charge in [-0.05, 0) is 30.9 Å². The highest BCUT2D eigenvalue weighted by Gasteiger charge is 2.39. The second kappa shape index (κ2) is 4.73. The molecule has 2 aliphatic rings. The number of fused-ring (bicyclic) bond motifs is 1. The molecule has 3 nitrogen and oxygen atoms in total. The maximum atomic E-state index is 11.6. The molecule has 0 bridgehead atoms. The maximum absolute atomic E-state index is 11.6. The monoisotopic (exact) mass is 208 g/mol. The van der Waals surface area contributed by atoms with Gasteiger partial charge in [0.05, 0.1) is 13.2 Å². The molecule has 1 heterocycles. The van der Waals surface area contributed by atoms with Gasteiger partial charge in [-0.1, -0.05) is 6.08 Å². The molecule has 0 aromatic carbocycles. The van der Waals surface area contributed by atoms with Gasteiger partial charge in [0.2, 0.25) is 0 Å². The third-order valence-electron chi connectivity index (χ3n) is 2.80. The smallest absolute Gasteiger partial charge is 0.187 e. The third-order valence-corrected chi connectivity index (χ3v) is 2.80. The zero-order valence-corrected chi connectivity index (χ0v) is 8.78. The van der Waals surface area contributed by atoms with Crippen LogP contribution in [0.1, 0.15) is 19.3 Å². The van der Waals surface area contributed by atoms with Gasteiger partial charge in [0.15, 0.2) is 5.78 Å². The molecule has 1 saturated heterocycles. The van der Waals surface area contributed by atoms with Gasteiger partial charge in [-0.3, -0.25) is 4.79 Å². The number of hydrogen-bond donors (Lipinski definition) is 0. The van der Waals surface area contributed by atoms with E-state index < -0.39 is 0 Å². The van der Waals surface area contributed by atoms with Crippen molar-refractivity contribution in [2.45, 2.75) is 31.5 Å². The van der Waals surface area contributed by atoms with Crippen LogP contribution in [0, 0.1) is 0 Å². The molecule has 0 N–H and O–H groups in total. The van der Waals surface area contributed by atoms with Crippen LogP contribution in [0.4, 0.5) is 0 Å². The summed E-state index contributed by atoms with van der Waals surface area (Å²) in [4.78, 5) is 11.6. The Bertz CT molecular complexity index is 293. The van der Waals surface area contributed by atoms with Crippen molar-refractivity contribution in [1.82, 2.24) is 0 Å². The first-order valence-corrected chi connectivity index (χ1v) is 5.41. The number of ether oxygens (including phenoxy) is 2. The van der Waals surface area contributed by atoms with Crippen LogP contribution in [0.25, 0.3) is 0 Å². The second-order valence-electron chi connectivity index (χ2n) is 3.89. The van der Waals surface area contributed by atoms with Crippen molar-refractivity contribution in [3.8, 4) is 0 Å². The molecule has 1 fully saturated rings. The van der Waals surface area contributed by atoms with Crippen LogP contribution in [-0.4, -0.2) is 31.2 Å². The van der Waals surface area contributed by atoms with Crippen molar-refractivity contribution in [1.29, 1.82) is 0 Å². The average Bonchev–Trinajstić information content (AvgIpc) is 2.58. The molecule has 1 aliphatic carbocycles. The van der Waals surface area contributed by atoms with E-state index in [1.54, 1.807) is 6.08 Å². The Morgan fingerprint density at radius 2 is 2.13 bits per heavy atom. The fourth-order valence-corrected chi connectivity index (χ4v) is 2.07. The van der Waals surface area contributed by atoms with Crippen molar-refractivity contribution in [3.05, 3.63) is 24.3 Å². The molecule has 3 heteroatoms. The van der Waals surface area contributed by atoms with Crippen LogP contribution in [0.2, 0.25) is 0 Å². The van der Waals surface area contributed by atoms with Gasteiger partial charge in [-0.25, -0.2) is 0 Å². The Morgan fingerprint density at radius 3 is 2.87 bits per heavy atom. The summed E-state index contributed by atoms with van der Waals surface area (Å²) in [7, 11) is 0. The van der Waals surface area contributed by atoms with Crippen LogP contribution in [0.15, 0.2) is 24.3 Å². The summed E-state index contributed by atoms with van der Waals surface area (Å²) in [5.74, 6) is 0.0632. The molecular weight excluding hydrogens is 192 g/mol. The minimum Gasteiger partial charge on any atom is -0.368 e. The van der Waals surface area contributed by atoms with E-state index in [0.29, 0.717) is 13.2 Å². The summed E-state index contributed by atoms with van der Waals surface area (Å²) in [6, 6.07) is 0. The van der Waals surface area contributed by atoms with Crippen LogP contribution in [-0.2, 0) is 14.3 Å². The number of carbonyl (C=O) groups is 1. The Kier molecular flexibility index (Phi) is 3.34. The molecule has 0 aromatic heterocycles. The van der Waals surface area contributed by atoms with Gasteiger partial charge in [-0.15, -0.1) is 6.58 Å². The van der Waals surface area contributed by atoms with E-state index in [1.807, 2.05) is 6.08 Å². The highest BCUT2D eigenvalue weighted by atomic mass is 16.6. The summed E-state index contributed by atoms with van der Waals surface area (Å²) in [6.07, 6.45) is 6.02. The molecule has 15 heavy (non-hydrogen) atoms. The largest absolute Gasteiger partial charge is 0.368 e. The lowest BCUT2D eigenvalue weighted by molar-refractivity contribution is -0.148. The predicted molar refractivity (Wildman–Crippen MR) is 56.6 cm³/mol. The SMILES string of the molecule is C=CCCCC1=CC(=O)C2OCCOC12. The zero-order valence-electron chi connectivity index (χ0n) is 8.78. The van der Waals surface area contributed by atoms with Crippen molar-refractivity contribution in [3.63, 3.8) is 0 Å². The van der Waals surface area contributed by atoms with E-state index >= 15 is 0 Å². The number of carbonyl (C=O) groups excluding carboxylic acids is 1.